The van der Waals surface area contributed by atoms with E-state index in [2.05, 4.69) is 54.2 Å². The topological polar surface area (TPSA) is 129 Å². The van der Waals surface area contributed by atoms with Crippen LogP contribution in [-0.2, 0) is 30.6 Å². The Balaban J connectivity index is 1.02. The number of aryl methyl sites for hydroxylation is 1. The molecule has 3 fully saturated rings. The van der Waals surface area contributed by atoms with Crippen LogP contribution < -0.4 is 21.8 Å². The van der Waals surface area contributed by atoms with E-state index in [-0.39, 0.29) is 35.2 Å². The van der Waals surface area contributed by atoms with Crippen LogP contribution in [0.25, 0.3) is 0 Å². The molecule has 11 nitrogen and oxygen atoms in total. The van der Waals surface area contributed by atoms with Crippen LogP contribution in [0.5, 0.6) is 0 Å². The molecule has 0 aliphatic heterocycles. The highest BCUT2D eigenvalue weighted by molar-refractivity contribution is 5.77. The van der Waals surface area contributed by atoms with E-state index >= 15 is 0 Å². The van der Waals surface area contributed by atoms with Gasteiger partial charge in [-0.1, -0.05) is 65.0 Å². The van der Waals surface area contributed by atoms with Crippen LogP contribution in [0, 0.1) is 61.2 Å². The van der Waals surface area contributed by atoms with Gasteiger partial charge >= 0.3 is 11.9 Å². The van der Waals surface area contributed by atoms with Gasteiger partial charge in [0.2, 0.25) is 0 Å². The third kappa shape index (κ3) is 8.42. The molecule has 56 heavy (non-hydrogen) atoms. The van der Waals surface area contributed by atoms with E-state index in [0.717, 1.165) is 67.2 Å². The van der Waals surface area contributed by atoms with Gasteiger partial charge in [-0.25, -0.2) is 9.31 Å². The number of rotatable bonds is 18. The first-order valence-corrected chi connectivity index (χ1v) is 21.8. The van der Waals surface area contributed by atoms with E-state index in [0.29, 0.717) is 48.4 Å². The number of fused-ring (bicyclic) bond motifs is 6. The van der Waals surface area contributed by atoms with Crippen LogP contribution >= 0.6 is 0 Å². The van der Waals surface area contributed by atoms with Crippen molar-refractivity contribution in [1.82, 2.24) is 19.7 Å². The molecule has 4 aliphatic rings. The molecular formula is C45H70N4O7. The van der Waals surface area contributed by atoms with Gasteiger partial charge in [0.05, 0.1) is 19.3 Å². The number of unbranched alkanes of at least 4 members (excludes halogenated alkanes) is 2. The number of hydrogen-bond donors (Lipinski definition) is 2. The minimum absolute atomic E-state index is 0.166. The Bertz CT molecular complexity index is 1850. The Morgan fingerprint density at radius 1 is 0.911 bits per heavy atom. The highest BCUT2D eigenvalue weighted by Crippen LogP contribution is 2.66. The van der Waals surface area contributed by atoms with Gasteiger partial charge in [-0.2, -0.15) is 9.40 Å². The quantitative estimate of drug-likeness (QED) is 0.0533. The minimum Gasteiger partial charge on any atom is -0.461 e. The summed E-state index contributed by atoms with van der Waals surface area (Å²) in [5.41, 5.74) is 4.28. The number of carbonyl (C=O) groups excluding carboxylic acids is 2. The summed E-state index contributed by atoms with van der Waals surface area (Å²) in [6.45, 7) is 16.1. The molecule has 11 heteroatoms. The summed E-state index contributed by atoms with van der Waals surface area (Å²) in [6.07, 6.45) is 19.2. The number of allylic oxidation sites excluding steroid dienone is 1. The fourth-order valence-corrected chi connectivity index (χ4v) is 11.8. The molecule has 0 radical (unpaired) electrons. The van der Waals surface area contributed by atoms with Crippen molar-refractivity contribution in [3.63, 3.8) is 0 Å². The molecule has 2 heterocycles. The summed E-state index contributed by atoms with van der Waals surface area (Å²) in [4.78, 5) is 60.4. The van der Waals surface area contributed by atoms with Crippen LogP contribution in [0.3, 0.4) is 0 Å². The lowest BCUT2D eigenvalue weighted by Gasteiger charge is -2.58. The van der Waals surface area contributed by atoms with E-state index < -0.39 is 12.0 Å². The zero-order valence-corrected chi connectivity index (χ0v) is 35.6. The van der Waals surface area contributed by atoms with Gasteiger partial charge in [0.15, 0.2) is 0 Å². The first-order valence-electron chi connectivity index (χ1n) is 21.8. The number of esters is 1. The van der Waals surface area contributed by atoms with E-state index in [9.17, 15) is 19.2 Å². The van der Waals surface area contributed by atoms with Gasteiger partial charge in [-0.05, 0) is 132 Å². The zero-order valence-electron chi connectivity index (χ0n) is 35.6. The van der Waals surface area contributed by atoms with Crippen LogP contribution in [0.2, 0.25) is 0 Å². The van der Waals surface area contributed by atoms with Crippen molar-refractivity contribution in [2.75, 3.05) is 20.2 Å². The number of carbonyl (C=O) groups is 2. The molecule has 3 saturated carbocycles. The Labute approximate surface area is 333 Å². The van der Waals surface area contributed by atoms with E-state index in [4.69, 9.17) is 4.74 Å². The van der Waals surface area contributed by atoms with Crippen LogP contribution in [0.15, 0.2) is 21.2 Å². The average molecular weight is 779 g/mol. The summed E-state index contributed by atoms with van der Waals surface area (Å²) in [6, 6.07) is -0.661. The first-order chi connectivity index (χ1) is 26.7. The van der Waals surface area contributed by atoms with Crippen molar-refractivity contribution in [2.45, 2.75) is 163 Å². The largest absolute Gasteiger partial charge is 0.461 e. The Morgan fingerprint density at radius 3 is 2.41 bits per heavy atom. The Kier molecular flexibility index (Phi) is 13.6. The van der Waals surface area contributed by atoms with E-state index in [1.54, 1.807) is 18.4 Å². The summed E-state index contributed by atoms with van der Waals surface area (Å²) >= 11 is 0. The molecule has 0 spiro atoms. The molecule has 0 bridgehead atoms. The number of nitrogens with zero attached hydrogens (tertiary/aromatic N) is 2. The maximum Gasteiger partial charge on any atom is 0.355 e. The van der Waals surface area contributed by atoms with Crippen LogP contribution in [0.1, 0.15) is 147 Å². The smallest absolute Gasteiger partial charge is 0.355 e. The predicted molar refractivity (Wildman–Crippen MR) is 218 cm³/mol. The second-order valence-corrected chi connectivity index (χ2v) is 18.8. The second-order valence-electron chi connectivity index (χ2n) is 18.8. The molecule has 312 valence electrons. The Hall–Kier alpha value is -3.02. The summed E-state index contributed by atoms with van der Waals surface area (Å²) in [7, 11) is 1.28. The summed E-state index contributed by atoms with van der Waals surface area (Å²) in [5, 5.41) is 6.48. The lowest BCUT2D eigenvalue weighted by Crippen LogP contribution is -2.51. The molecule has 2 aromatic heterocycles. The van der Waals surface area contributed by atoms with Crippen LogP contribution in [-0.4, -0.2) is 53.3 Å². The molecule has 0 amide bonds. The SMILES string of the molecule is COOC(=O)CNC(CCCCNCc1c(C)c(=O)n2c(=O)c(C)c(C)n12)C(=O)OC1CCC2(C)C(=CCC3C2CCC2(C)C(CCCCC(C)C)CCC32)C1. The molecule has 4 aliphatic carbocycles. The fourth-order valence-electron chi connectivity index (χ4n) is 11.8. The summed E-state index contributed by atoms with van der Waals surface area (Å²) < 4.78 is 9.19. The third-order valence-electron chi connectivity index (χ3n) is 15.2. The van der Waals surface area contributed by atoms with E-state index in [1.807, 2.05) is 6.92 Å². The molecule has 6 rings (SSSR count). The van der Waals surface area contributed by atoms with Gasteiger partial charge in [0, 0.05) is 29.8 Å². The molecule has 2 N–H and O–H groups in total. The predicted octanol–water partition coefficient (Wildman–Crippen LogP) is 7.15. The van der Waals surface area contributed by atoms with Gasteiger partial charge in [-0.3, -0.25) is 24.6 Å². The lowest BCUT2D eigenvalue weighted by atomic mass is 9.47. The number of aromatic nitrogens is 2. The molecular weight excluding hydrogens is 709 g/mol. The molecule has 0 saturated heterocycles. The number of nitrogens with one attached hydrogen (secondary N) is 2. The van der Waals surface area contributed by atoms with Crippen molar-refractivity contribution >= 4 is 11.9 Å². The number of hydrogen-bond acceptors (Lipinski definition) is 9. The lowest BCUT2D eigenvalue weighted by molar-refractivity contribution is -0.253. The molecule has 2 aromatic rings. The van der Waals surface area contributed by atoms with Crippen molar-refractivity contribution in [2.24, 2.45) is 40.4 Å². The maximum atomic E-state index is 13.7. The van der Waals surface area contributed by atoms with Gasteiger partial charge < -0.3 is 10.1 Å². The molecule has 8 atom stereocenters. The third-order valence-corrected chi connectivity index (χ3v) is 15.2. The van der Waals surface area contributed by atoms with Crippen LogP contribution in [0.4, 0.5) is 0 Å². The fraction of sp³-hybridized carbons (Fsp3) is 0.778. The minimum atomic E-state index is -0.661. The average Bonchev–Trinajstić information content (AvgIpc) is 3.71. The highest BCUT2D eigenvalue weighted by Gasteiger charge is 2.58. The monoisotopic (exact) mass is 779 g/mol. The Morgan fingerprint density at radius 2 is 1.66 bits per heavy atom. The summed E-state index contributed by atoms with van der Waals surface area (Å²) in [5.74, 6) is 3.05. The van der Waals surface area contributed by atoms with Crippen molar-refractivity contribution in [3.8, 4) is 0 Å². The molecule has 0 aromatic carbocycles. The highest BCUT2D eigenvalue weighted by atomic mass is 17.2. The van der Waals surface area contributed by atoms with E-state index in [1.165, 1.54) is 68.6 Å². The first kappa shape index (κ1) is 42.6. The molecule has 8 unspecified atom stereocenters. The van der Waals surface area contributed by atoms with Gasteiger partial charge in [-0.15, -0.1) is 0 Å². The zero-order chi connectivity index (χ0) is 40.4. The standard InChI is InChI=1S/C45H70N4O7/c1-28(2)13-9-10-14-32-17-19-36-35-18-16-33-25-34(20-22-45(33,7)37(35)21-23-44(32,36)6)55-43(53)38(47-27-40(50)56-54-8)15-11-12-24-46-26-39-30(4)42(52)49-41(51)29(3)31(5)48(39)49/h16,28,32,34-38,46-47H,9-15,17-27H2,1-8H3. The second kappa shape index (κ2) is 17.9. The van der Waals surface area contributed by atoms with Crippen molar-refractivity contribution in [3.05, 3.63) is 54.9 Å². The van der Waals surface area contributed by atoms with Gasteiger partial charge in [0.1, 0.15) is 12.1 Å². The van der Waals surface area contributed by atoms with Crippen molar-refractivity contribution < 1.29 is 24.1 Å². The van der Waals surface area contributed by atoms with Gasteiger partial charge in [0.25, 0.3) is 11.1 Å². The number of ether oxygens (including phenoxy) is 1. The van der Waals surface area contributed by atoms with Crippen molar-refractivity contribution in [1.29, 1.82) is 0 Å². The normalized spacial score (nSPS) is 29.2. The maximum absolute atomic E-state index is 13.7.